The number of hydrogen-bond donors (Lipinski definition) is 1. The quantitative estimate of drug-likeness (QED) is 0.828. The summed E-state index contributed by atoms with van der Waals surface area (Å²) < 4.78 is 5.63. The van der Waals surface area contributed by atoms with Gasteiger partial charge in [0.05, 0.1) is 19.3 Å². The summed E-state index contributed by atoms with van der Waals surface area (Å²) in [5, 5.41) is 3.21. The van der Waals surface area contributed by atoms with Gasteiger partial charge >= 0.3 is 0 Å². The fourth-order valence-electron chi connectivity index (χ4n) is 3.95. The Morgan fingerprint density at radius 2 is 1.93 bits per heavy atom. The normalized spacial score (nSPS) is 23.6. The number of amides is 2. The predicted molar refractivity (Wildman–Crippen MR) is 103 cm³/mol. The Morgan fingerprint density at radius 1 is 1.22 bits per heavy atom. The van der Waals surface area contributed by atoms with Crippen molar-refractivity contribution >= 4 is 11.8 Å². The average molecular weight is 373 g/mol. The molecule has 3 rings (SSSR count). The molecule has 27 heavy (non-hydrogen) atoms. The molecule has 0 bridgehead atoms. The van der Waals surface area contributed by atoms with Crippen LogP contribution in [-0.2, 0) is 20.7 Å². The van der Waals surface area contributed by atoms with E-state index in [0.717, 1.165) is 19.3 Å². The van der Waals surface area contributed by atoms with Crippen LogP contribution in [0.4, 0.5) is 0 Å². The summed E-state index contributed by atoms with van der Waals surface area (Å²) in [5.41, 5.74) is 1.22. The van der Waals surface area contributed by atoms with Crippen LogP contribution in [0.5, 0.6) is 0 Å². The van der Waals surface area contributed by atoms with E-state index in [9.17, 15) is 9.59 Å². The minimum atomic E-state index is -0.00437. The Balaban J connectivity index is 1.47. The second-order valence-electron chi connectivity index (χ2n) is 8.23. The first-order chi connectivity index (χ1) is 13.0. The van der Waals surface area contributed by atoms with Gasteiger partial charge in [-0.25, -0.2) is 0 Å². The SMILES string of the molecule is CC(C)CC(=O)N1CCC(C(=O)N[C@@H]2COC[C@H]2Cc2ccncc2)CC1. The Labute approximate surface area is 161 Å². The molecule has 2 amide bonds. The number of likely N-dealkylation sites (tertiary alicyclic amines) is 1. The molecule has 2 saturated heterocycles. The van der Waals surface area contributed by atoms with Crippen molar-refractivity contribution in [3.05, 3.63) is 30.1 Å². The first-order valence-corrected chi connectivity index (χ1v) is 10.1. The molecule has 0 aliphatic carbocycles. The zero-order valence-corrected chi connectivity index (χ0v) is 16.4. The number of nitrogens with zero attached hydrogens (tertiary/aromatic N) is 2. The van der Waals surface area contributed by atoms with Crippen LogP contribution in [0.15, 0.2) is 24.5 Å². The number of hydrogen-bond acceptors (Lipinski definition) is 4. The van der Waals surface area contributed by atoms with Gasteiger partial charge in [0.25, 0.3) is 0 Å². The third-order valence-corrected chi connectivity index (χ3v) is 5.57. The number of ether oxygens (including phenoxy) is 1. The standard InChI is InChI=1S/C21H31N3O3/c1-15(2)11-20(25)24-9-5-17(6-10-24)21(26)23-19-14-27-13-18(19)12-16-3-7-22-8-4-16/h3-4,7-8,15,17-19H,5-6,9-14H2,1-2H3,(H,23,26)/t18-,19-/m1/s1. The highest BCUT2D eigenvalue weighted by atomic mass is 16.5. The van der Waals surface area contributed by atoms with E-state index < -0.39 is 0 Å². The Kier molecular flexibility index (Phi) is 6.83. The molecular weight excluding hydrogens is 342 g/mol. The maximum Gasteiger partial charge on any atom is 0.223 e. The van der Waals surface area contributed by atoms with E-state index in [-0.39, 0.29) is 23.8 Å². The van der Waals surface area contributed by atoms with Gasteiger partial charge in [-0.15, -0.1) is 0 Å². The molecule has 1 aromatic heterocycles. The van der Waals surface area contributed by atoms with Crippen LogP contribution >= 0.6 is 0 Å². The highest BCUT2D eigenvalue weighted by Crippen LogP contribution is 2.22. The molecule has 2 atom stereocenters. The summed E-state index contributed by atoms with van der Waals surface area (Å²) in [6.45, 7) is 6.74. The van der Waals surface area contributed by atoms with Crippen molar-refractivity contribution < 1.29 is 14.3 Å². The van der Waals surface area contributed by atoms with Gasteiger partial charge in [0.1, 0.15) is 0 Å². The van der Waals surface area contributed by atoms with Crippen molar-refractivity contribution in [2.24, 2.45) is 17.8 Å². The molecule has 0 radical (unpaired) electrons. The first-order valence-electron chi connectivity index (χ1n) is 10.1. The van der Waals surface area contributed by atoms with Crippen molar-refractivity contribution in [1.82, 2.24) is 15.2 Å². The fraction of sp³-hybridized carbons (Fsp3) is 0.667. The number of rotatable bonds is 6. The van der Waals surface area contributed by atoms with Gasteiger partial charge < -0.3 is 15.0 Å². The van der Waals surface area contributed by atoms with E-state index in [1.165, 1.54) is 5.56 Å². The van der Waals surface area contributed by atoms with Gasteiger partial charge in [0.2, 0.25) is 11.8 Å². The number of nitrogens with one attached hydrogen (secondary N) is 1. The van der Waals surface area contributed by atoms with Crippen molar-refractivity contribution in [2.75, 3.05) is 26.3 Å². The summed E-state index contributed by atoms with van der Waals surface area (Å²) in [6.07, 6.45) is 6.57. The predicted octanol–water partition coefficient (Wildman–Crippen LogP) is 2.04. The van der Waals surface area contributed by atoms with Crippen LogP contribution in [0, 0.1) is 17.8 Å². The van der Waals surface area contributed by atoms with Gasteiger partial charge in [0, 0.05) is 43.7 Å². The lowest BCUT2D eigenvalue weighted by atomic mass is 9.92. The zero-order chi connectivity index (χ0) is 19.2. The molecule has 2 aliphatic rings. The second kappa shape index (κ2) is 9.31. The molecular formula is C21H31N3O3. The van der Waals surface area contributed by atoms with Crippen molar-refractivity contribution in [2.45, 2.75) is 45.6 Å². The number of aromatic nitrogens is 1. The fourth-order valence-corrected chi connectivity index (χ4v) is 3.95. The highest BCUT2D eigenvalue weighted by Gasteiger charge is 2.33. The Morgan fingerprint density at radius 3 is 2.59 bits per heavy atom. The minimum absolute atomic E-state index is 0.00437. The monoisotopic (exact) mass is 373 g/mol. The number of carbonyl (C=O) groups is 2. The third kappa shape index (κ3) is 5.51. The van der Waals surface area contributed by atoms with Gasteiger partial charge in [-0.05, 0) is 42.9 Å². The summed E-state index contributed by atoms with van der Waals surface area (Å²) >= 11 is 0. The van der Waals surface area contributed by atoms with Gasteiger partial charge in [-0.1, -0.05) is 13.8 Å². The Bertz CT molecular complexity index is 627. The van der Waals surface area contributed by atoms with E-state index in [1.807, 2.05) is 17.0 Å². The van der Waals surface area contributed by atoms with E-state index in [0.29, 0.717) is 44.6 Å². The van der Waals surface area contributed by atoms with Crippen LogP contribution in [0.1, 0.15) is 38.7 Å². The van der Waals surface area contributed by atoms with Crippen molar-refractivity contribution in [3.8, 4) is 0 Å². The lowest BCUT2D eigenvalue weighted by Crippen LogP contribution is -2.47. The van der Waals surface area contributed by atoms with Crippen LogP contribution in [0.3, 0.4) is 0 Å². The summed E-state index contributed by atoms with van der Waals surface area (Å²) in [7, 11) is 0. The molecule has 1 N–H and O–H groups in total. The van der Waals surface area contributed by atoms with E-state index in [2.05, 4.69) is 24.1 Å². The Hall–Kier alpha value is -1.95. The van der Waals surface area contributed by atoms with Crippen molar-refractivity contribution in [3.63, 3.8) is 0 Å². The van der Waals surface area contributed by atoms with Crippen LogP contribution < -0.4 is 5.32 Å². The highest BCUT2D eigenvalue weighted by molar-refractivity contribution is 5.80. The largest absolute Gasteiger partial charge is 0.379 e. The molecule has 148 valence electrons. The molecule has 2 aliphatic heterocycles. The second-order valence-corrected chi connectivity index (χ2v) is 8.23. The van der Waals surface area contributed by atoms with Crippen LogP contribution in [0.25, 0.3) is 0 Å². The van der Waals surface area contributed by atoms with E-state index in [4.69, 9.17) is 4.74 Å². The number of piperidine rings is 1. The third-order valence-electron chi connectivity index (χ3n) is 5.57. The molecule has 6 heteroatoms. The maximum absolute atomic E-state index is 12.7. The molecule has 0 saturated carbocycles. The maximum atomic E-state index is 12.7. The number of carbonyl (C=O) groups excluding carboxylic acids is 2. The molecule has 0 aromatic carbocycles. The van der Waals surface area contributed by atoms with E-state index >= 15 is 0 Å². The zero-order valence-electron chi connectivity index (χ0n) is 16.4. The molecule has 0 unspecified atom stereocenters. The summed E-state index contributed by atoms with van der Waals surface area (Å²) in [5.74, 6) is 0.990. The lowest BCUT2D eigenvalue weighted by Gasteiger charge is -2.32. The van der Waals surface area contributed by atoms with Crippen LogP contribution in [0.2, 0.25) is 0 Å². The summed E-state index contributed by atoms with van der Waals surface area (Å²) in [4.78, 5) is 30.9. The van der Waals surface area contributed by atoms with Gasteiger partial charge in [0.15, 0.2) is 0 Å². The first kappa shape index (κ1) is 19.8. The lowest BCUT2D eigenvalue weighted by molar-refractivity contribution is -0.136. The molecule has 6 nitrogen and oxygen atoms in total. The minimum Gasteiger partial charge on any atom is -0.379 e. The topological polar surface area (TPSA) is 71.5 Å². The smallest absolute Gasteiger partial charge is 0.223 e. The molecule has 0 spiro atoms. The van der Waals surface area contributed by atoms with Gasteiger partial charge in [-0.2, -0.15) is 0 Å². The van der Waals surface area contributed by atoms with Gasteiger partial charge in [-0.3, -0.25) is 14.6 Å². The molecule has 1 aromatic rings. The van der Waals surface area contributed by atoms with E-state index in [1.54, 1.807) is 12.4 Å². The average Bonchev–Trinajstić information content (AvgIpc) is 3.08. The van der Waals surface area contributed by atoms with Crippen LogP contribution in [-0.4, -0.2) is 54.0 Å². The molecule has 2 fully saturated rings. The number of pyridine rings is 1. The summed E-state index contributed by atoms with van der Waals surface area (Å²) in [6, 6.07) is 4.09. The molecule has 3 heterocycles. The van der Waals surface area contributed by atoms with Crippen molar-refractivity contribution in [1.29, 1.82) is 0 Å².